The first kappa shape index (κ1) is 13.3. The largest absolute Gasteiger partial charge is 0.465 e. The first-order valence-corrected chi connectivity index (χ1v) is 6.14. The molecule has 0 aromatic carbocycles. The van der Waals surface area contributed by atoms with Crippen LogP contribution in [-0.2, 0) is 0 Å². The Balaban J connectivity index is 1.91. The second kappa shape index (κ2) is 5.64. The summed E-state index contributed by atoms with van der Waals surface area (Å²) in [7, 11) is 0. The minimum absolute atomic E-state index is 0.0476. The van der Waals surface area contributed by atoms with Crippen LogP contribution in [0.3, 0.4) is 0 Å². The Morgan fingerprint density at radius 3 is 2.74 bits per heavy atom. The van der Waals surface area contributed by atoms with Crippen LogP contribution in [0.5, 0.6) is 0 Å². The van der Waals surface area contributed by atoms with Crippen molar-refractivity contribution in [3.05, 3.63) is 18.0 Å². The maximum atomic E-state index is 11.1. The monoisotopic (exact) mass is 264 g/mol. The lowest BCUT2D eigenvalue weighted by atomic mass is 10.2. The molecular weight excluding hydrogens is 248 g/mol. The molecule has 2 N–H and O–H groups in total. The molecule has 1 aromatic rings. The number of aromatic nitrogens is 2. The summed E-state index contributed by atoms with van der Waals surface area (Å²) in [6, 6.07) is -0.0476. The number of likely N-dealkylation sites (tertiary alicyclic amines) is 1. The Morgan fingerprint density at radius 2 is 2.16 bits per heavy atom. The number of amides is 1. The lowest BCUT2D eigenvalue weighted by molar-refractivity contribution is 0.101. The van der Waals surface area contributed by atoms with Crippen molar-refractivity contribution in [2.75, 3.05) is 18.4 Å². The molecule has 1 saturated heterocycles. The van der Waals surface area contributed by atoms with Crippen LogP contribution in [0.1, 0.15) is 30.1 Å². The summed E-state index contributed by atoms with van der Waals surface area (Å²) in [4.78, 5) is 31.5. The highest BCUT2D eigenvalue weighted by atomic mass is 16.4. The summed E-state index contributed by atoms with van der Waals surface area (Å²) in [5.74, 6) is 0.321. The smallest absolute Gasteiger partial charge is 0.407 e. The van der Waals surface area contributed by atoms with E-state index < -0.39 is 6.09 Å². The fraction of sp³-hybridized carbons (Fsp3) is 0.500. The highest BCUT2D eigenvalue weighted by molar-refractivity contribution is 5.93. The number of carbonyl (C=O) groups excluding carboxylic acids is 1. The minimum Gasteiger partial charge on any atom is -0.465 e. The normalized spacial score (nSPS) is 18.4. The molecule has 7 heteroatoms. The first-order chi connectivity index (χ1) is 9.08. The maximum Gasteiger partial charge on any atom is 0.407 e. The molecule has 2 heterocycles. The molecular formula is C12H16N4O3. The summed E-state index contributed by atoms with van der Waals surface area (Å²) in [5, 5.41) is 12.0. The summed E-state index contributed by atoms with van der Waals surface area (Å²) in [6.07, 6.45) is 3.74. The fourth-order valence-electron chi connectivity index (χ4n) is 2.11. The van der Waals surface area contributed by atoms with Crippen LogP contribution in [0.2, 0.25) is 0 Å². The zero-order chi connectivity index (χ0) is 13.8. The van der Waals surface area contributed by atoms with Crippen LogP contribution in [-0.4, -0.2) is 51.0 Å². The van der Waals surface area contributed by atoms with E-state index in [1.54, 1.807) is 0 Å². The van der Waals surface area contributed by atoms with Crippen molar-refractivity contribution in [2.45, 2.75) is 25.8 Å². The second-order valence-corrected chi connectivity index (χ2v) is 4.50. The zero-order valence-corrected chi connectivity index (χ0v) is 10.7. The average Bonchev–Trinajstić information content (AvgIpc) is 2.85. The Hall–Kier alpha value is -2.18. The molecule has 1 unspecified atom stereocenters. The third-order valence-electron chi connectivity index (χ3n) is 3.18. The SMILES string of the molecule is CC(=O)c1cnc(NCC2CCCN2C(=O)O)nc1. The summed E-state index contributed by atoms with van der Waals surface area (Å²) in [5.41, 5.74) is 0.457. The van der Waals surface area contributed by atoms with Gasteiger partial charge < -0.3 is 15.3 Å². The molecule has 1 atom stereocenters. The van der Waals surface area contributed by atoms with Crippen molar-refractivity contribution in [3.8, 4) is 0 Å². The number of carboxylic acid groups (broad SMARTS) is 1. The van der Waals surface area contributed by atoms with E-state index in [0.717, 1.165) is 12.8 Å². The van der Waals surface area contributed by atoms with E-state index in [2.05, 4.69) is 15.3 Å². The van der Waals surface area contributed by atoms with Crippen molar-refractivity contribution in [1.82, 2.24) is 14.9 Å². The predicted octanol–water partition coefficient (Wildman–Crippen LogP) is 1.23. The van der Waals surface area contributed by atoms with Gasteiger partial charge in [0.1, 0.15) is 0 Å². The van der Waals surface area contributed by atoms with Crippen molar-refractivity contribution in [3.63, 3.8) is 0 Å². The van der Waals surface area contributed by atoms with Gasteiger partial charge in [0, 0.05) is 25.5 Å². The Bertz CT molecular complexity index is 474. The Morgan fingerprint density at radius 1 is 1.47 bits per heavy atom. The highest BCUT2D eigenvalue weighted by Crippen LogP contribution is 2.17. The number of hydrogen-bond donors (Lipinski definition) is 2. The van der Waals surface area contributed by atoms with Gasteiger partial charge in [0.05, 0.1) is 11.6 Å². The number of carbonyl (C=O) groups is 2. The van der Waals surface area contributed by atoms with Gasteiger partial charge in [-0.05, 0) is 19.8 Å². The molecule has 0 aliphatic carbocycles. The molecule has 19 heavy (non-hydrogen) atoms. The molecule has 0 saturated carbocycles. The Kier molecular flexibility index (Phi) is 3.94. The van der Waals surface area contributed by atoms with Crippen LogP contribution in [0.4, 0.5) is 10.7 Å². The van der Waals surface area contributed by atoms with Crippen LogP contribution in [0.15, 0.2) is 12.4 Å². The molecule has 0 radical (unpaired) electrons. The molecule has 7 nitrogen and oxygen atoms in total. The lowest BCUT2D eigenvalue weighted by Gasteiger charge is -2.21. The van der Waals surface area contributed by atoms with Crippen LogP contribution in [0.25, 0.3) is 0 Å². The molecule has 102 valence electrons. The maximum absolute atomic E-state index is 11.1. The molecule has 1 amide bonds. The fourth-order valence-corrected chi connectivity index (χ4v) is 2.11. The number of hydrogen-bond acceptors (Lipinski definition) is 5. The highest BCUT2D eigenvalue weighted by Gasteiger charge is 2.28. The van der Waals surface area contributed by atoms with Crippen LogP contribution in [0, 0.1) is 0 Å². The van der Waals surface area contributed by atoms with Gasteiger partial charge in [-0.3, -0.25) is 4.79 Å². The number of nitrogens with one attached hydrogen (secondary N) is 1. The Labute approximate surface area is 110 Å². The number of rotatable bonds is 4. The van der Waals surface area contributed by atoms with E-state index in [1.807, 2.05) is 0 Å². The van der Waals surface area contributed by atoms with Gasteiger partial charge in [-0.1, -0.05) is 0 Å². The molecule has 0 spiro atoms. The van der Waals surface area contributed by atoms with E-state index in [1.165, 1.54) is 24.2 Å². The second-order valence-electron chi connectivity index (χ2n) is 4.50. The first-order valence-electron chi connectivity index (χ1n) is 6.14. The third kappa shape index (κ3) is 3.18. The molecule has 1 aliphatic heterocycles. The number of anilines is 1. The van der Waals surface area contributed by atoms with Gasteiger partial charge in [0.2, 0.25) is 5.95 Å². The van der Waals surface area contributed by atoms with Crippen molar-refractivity contribution < 1.29 is 14.7 Å². The summed E-state index contributed by atoms with van der Waals surface area (Å²) in [6.45, 7) is 2.51. The van der Waals surface area contributed by atoms with Gasteiger partial charge in [-0.2, -0.15) is 0 Å². The van der Waals surface area contributed by atoms with Gasteiger partial charge in [-0.15, -0.1) is 0 Å². The van der Waals surface area contributed by atoms with E-state index >= 15 is 0 Å². The van der Waals surface area contributed by atoms with Crippen LogP contribution >= 0.6 is 0 Å². The standard InChI is InChI=1S/C12H16N4O3/c1-8(17)9-5-13-11(14-6-9)15-7-10-3-2-4-16(10)12(18)19/h5-6,10H,2-4,7H2,1H3,(H,18,19)(H,13,14,15). The van der Waals surface area contributed by atoms with Crippen molar-refractivity contribution in [1.29, 1.82) is 0 Å². The van der Waals surface area contributed by atoms with E-state index in [-0.39, 0.29) is 11.8 Å². The number of nitrogens with zero attached hydrogens (tertiary/aromatic N) is 3. The van der Waals surface area contributed by atoms with Gasteiger partial charge in [-0.25, -0.2) is 14.8 Å². The van der Waals surface area contributed by atoms with Crippen molar-refractivity contribution >= 4 is 17.8 Å². The van der Waals surface area contributed by atoms with Gasteiger partial charge >= 0.3 is 6.09 Å². The lowest BCUT2D eigenvalue weighted by Crippen LogP contribution is -2.38. The molecule has 1 aliphatic rings. The quantitative estimate of drug-likeness (QED) is 0.794. The number of Topliss-reactive ketones (excluding diaryl/α,β-unsaturated/α-hetero) is 1. The van der Waals surface area contributed by atoms with E-state index in [0.29, 0.717) is 24.6 Å². The minimum atomic E-state index is -0.892. The molecule has 1 aromatic heterocycles. The molecule has 2 rings (SSSR count). The number of ketones is 1. The van der Waals surface area contributed by atoms with Crippen molar-refractivity contribution in [2.24, 2.45) is 0 Å². The molecule has 0 bridgehead atoms. The summed E-state index contributed by atoms with van der Waals surface area (Å²) < 4.78 is 0. The average molecular weight is 264 g/mol. The topological polar surface area (TPSA) is 95.4 Å². The predicted molar refractivity (Wildman–Crippen MR) is 68.3 cm³/mol. The van der Waals surface area contributed by atoms with E-state index in [4.69, 9.17) is 5.11 Å². The third-order valence-corrected chi connectivity index (χ3v) is 3.18. The zero-order valence-electron chi connectivity index (χ0n) is 10.7. The molecule has 1 fully saturated rings. The van der Waals surface area contributed by atoms with Gasteiger partial charge in [0.15, 0.2) is 5.78 Å². The van der Waals surface area contributed by atoms with E-state index in [9.17, 15) is 9.59 Å². The summed E-state index contributed by atoms with van der Waals surface area (Å²) >= 11 is 0. The van der Waals surface area contributed by atoms with Gasteiger partial charge in [0.25, 0.3) is 0 Å². The van der Waals surface area contributed by atoms with Crippen LogP contribution < -0.4 is 5.32 Å².